The zero-order valence-corrected chi connectivity index (χ0v) is 16.0. The molecule has 0 saturated carbocycles. The molecule has 25 heavy (non-hydrogen) atoms. The summed E-state index contributed by atoms with van der Waals surface area (Å²) in [5, 5.41) is 0. The molecule has 5 nitrogen and oxygen atoms in total. The molecule has 5 heteroatoms. The van der Waals surface area contributed by atoms with Gasteiger partial charge in [-0.15, -0.1) is 0 Å². The van der Waals surface area contributed by atoms with Crippen molar-refractivity contribution in [1.29, 1.82) is 0 Å². The summed E-state index contributed by atoms with van der Waals surface area (Å²) in [4.78, 5) is 21.4. The number of hydrogen-bond acceptors (Lipinski definition) is 4. The van der Waals surface area contributed by atoms with Gasteiger partial charge in [0, 0.05) is 52.5 Å². The third-order valence-electron chi connectivity index (χ3n) is 5.66. The van der Waals surface area contributed by atoms with Crippen LogP contribution >= 0.6 is 0 Å². The van der Waals surface area contributed by atoms with Crippen LogP contribution in [0.25, 0.3) is 0 Å². The topological polar surface area (TPSA) is 45.7 Å². The van der Waals surface area contributed by atoms with Crippen molar-refractivity contribution in [2.75, 3.05) is 33.8 Å². The Morgan fingerprint density at radius 1 is 1.28 bits per heavy atom. The van der Waals surface area contributed by atoms with Crippen molar-refractivity contribution in [3.05, 3.63) is 29.1 Å². The number of carbonyl (C=O) groups is 1. The first-order valence-electron chi connectivity index (χ1n) is 9.46. The van der Waals surface area contributed by atoms with Crippen molar-refractivity contribution in [1.82, 2.24) is 14.8 Å². The van der Waals surface area contributed by atoms with Crippen LogP contribution in [0.4, 0.5) is 0 Å². The molecule has 2 aliphatic rings. The maximum absolute atomic E-state index is 12.2. The molecule has 0 radical (unpaired) electrons. The fourth-order valence-electron chi connectivity index (χ4n) is 3.90. The van der Waals surface area contributed by atoms with Crippen LogP contribution in [-0.2, 0) is 16.1 Å². The molecular formula is C20H31N3O2. The van der Waals surface area contributed by atoms with Gasteiger partial charge in [0.05, 0.1) is 11.8 Å². The van der Waals surface area contributed by atoms with E-state index in [2.05, 4.69) is 30.9 Å². The number of aromatic nitrogens is 1. The molecular weight excluding hydrogens is 314 g/mol. The molecule has 2 fully saturated rings. The summed E-state index contributed by atoms with van der Waals surface area (Å²) in [6.07, 6.45) is 3.05. The highest BCUT2D eigenvalue weighted by Gasteiger charge is 2.29. The average Bonchev–Trinajstić information content (AvgIpc) is 3.05. The Hall–Kier alpha value is -1.46. The van der Waals surface area contributed by atoms with Crippen molar-refractivity contribution >= 4 is 5.91 Å². The molecule has 1 aromatic heterocycles. The maximum atomic E-state index is 12.2. The Balaban J connectivity index is 1.83. The highest BCUT2D eigenvalue weighted by Crippen LogP contribution is 2.32. The third-order valence-corrected chi connectivity index (χ3v) is 5.66. The van der Waals surface area contributed by atoms with E-state index in [0.717, 1.165) is 50.4 Å². The average molecular weight is 345 g/mol. The molecule has 0 aliphatic carbocycles. The van der Waals surface area contributed by atoms with E-state index in [1.165, 1.54) is 5.56 Å². The number of amides is 1. The zero-order chi connectivity index (χ0) is 18.0. The molecule has 1 unspecified atom stereocenters. The van der Waals surface area contributed by atoms with E-state index >= 15 is 0 Å². The highest BCUT2D eigenvalue weighted by atomic mass is 16.5. The lowest BCUT2D eigenvalue weighted by Gasteiger charge is -2.30. The van der Waals surface area contributed by atoms with Crippen molar-refractivity contribution in [3.8, 4) is 0 Å². The van der Waals surface area contributed by atoms with E-state index in [1.807, 2.05) is 11.9 Å². The van der Waals surface area contributed by atoms with Crippen LogP contribution in [0.5, 0.6) is 0 Å². The first-order chi connectivity index (χ1) is 12.0. The lowest BCUT2D eigenvalue weighted by molar-refractivity contribution is -0.132. The van der Waals surface area contributed by atoms with Crippen LogP contribution in [0.2, 0.25) is 0 Å². The smallest absolute Gasteiger partial charge is 0.222 e. The summed E-state index contributed by atoms with van der Waals surface area (Å²) in [6, 6.07) is 4.37. The fraction of sp³-hybridized carbons (Fsp3) is 0.700. The van der Waals surface area contributed by atoms with Crippen molar-refractivity contribution < 1.29 is 9.53 Å². The van der Waals surface area contributed by atoms with Gasteiger partial charge < -0.3 is 9.64 Å². The van der Waals surface area contributed by atoms with Gasteiger partial charge in [0.2, 0.25) is 5.91 Å². The van der Waals surface area contributed by atoms with Gasteiger partial charge in [-0.3, -0.25) is 14.7 Å². The predicted molar refractivity (Wildman–Crippen MR) is 98.6 cm³/mol. The second-order valence-electron chi connectivity index (χ2n) is 7.81. The second kappa shape index (κ2) is 7.83. The Labute approximate surface area is 151 Å². The Kier molecular flexibility index (Phi) is 5.74. The minimum Gasteiger partial charge on any atom is -0.380 e. The minimum atomic E-state index is 0.246. The number of hydrogen-bond donors (Lipinski definition) is 0. The van der Waals surface area contributed by atoms with Gasteiger partial charge in [0.25, 0.3) is 0 Å². The molecule has 0 spiro atoms. The van der Waals surface area contributed by atoms with Gasteiger partial charge >= 0.3 is 0 Å². The molecule has 3 rings (SSSR count). The normalized spacial score (nSPS) is 25.2. The van der Waals surface area contributed by atoms with Gasteiger partial charge in [0.1, 0.15) is 0 Å². The predicted octanol–water partition coefficient (Wildman–Crippen LogP) is 2.76. The number of nitrogens with zero attached hydrogens (tertiary/aromatic N) is 3. The molecule has 2 atom stereocenters. The Bertz CT molecular complexity index is 617. The molecule has 0 aromatic carbocycles. The van der Waals surface area contributed by atoms with Crippen LogP contribution < -0.4 is 0 Å². The van der Waals surface area contributed by atoms with E-state index < -0.39 is 0 Å². The standard InChI is InChI=1S/C20H31N3O2/c1-14(2)18-6-5-17(15-7-9-22(3)20(24)11-15)19(21-18)13-23-10-8-16(12-23)25-4/h5-6,14-16H,7-13H2,1-4H3/t15?,16-/m0/s1. The molecule has 1 aromatic rings. The molecule has 138 valence electrons. The minimum absolute atomic E-state index is 0.246. The lowest BCUT2D eigenvalue weighted by Crippen LogP contribution is -2.35. The largest absolute Gasteiger partial charge is 0.380 e. The number of piperidine rings is 1. The molecule has 3 heterocycles. The molecule has 0 bridgehead atoms. The van der Waals surface area contributed by atoms with E-state index in [-0.39, 0.29) is 5.91 Å². The first kappa shape index (κ1) is 18.3. The van der Waals surface area contributed by atoms with Gasteiger partial charge in [-0.05, 0) is 36.3 Å². The van der Waals surface area contributed by atoms with Crippen molar-refractivity contribution in [2.45, 2.75) is 57.6 Å². The molecule has 2 aliphatic heterocycles. The number of methoxy groups -OCH3 is 1. The summed E-state index contributed by atoms with van der Waals surface area (Å²) in [7, 11) is 3.69. The van der Waals surface area contributed by atoms with Crippen LogP contribution in [0.15, 0.2) is 12.1 Å². The van der Waals surface area contributed by atoms with Gasteiger partial charge in [0.15, 0.2) is 0 Å². The van der Waals surface area contributed by atoms with Crippen LogP contribution in [0.3, 0.4) is 0 Å². The lowest BCUT2D eigenvalue weighted by atomic mass is 9.87. The summed E-state index contributed by atoms with van der Waals surface area (Å²) in [5.74, 6) is 0.959. The molecule has 1 amide bonds. The summed E-state index contributed by atoms with van der Waals surface area (Å²) in [6.45, 7) is 8.08. The first-order valence-corrected chi connectivity index (χ1v) is 9.46. The van der Waals surface area contributed by atoms with Gasteiger partial charge in [-0.25, -0.2) is 0 Å². The zero-order valence-electron chi connectivity index (χ0n) is 16.0. The monoisotopic (exact) mass is 345 g/mol. The van der Waals surface area contributed by atoms with E-state index in [4.69, 9.17) is 9.72 Å². The van der Waals surface area contributed by atoms with Crippen LogP contribution in [0, 0.1) is 0 Å². The van der Waals surface area contributed by atoms with Gasteiger partial charge in [-0.1, -0.05) is 19.9 Å². The van der Waals surface area contributed by atoms with E-state index in [1.54, 1.807) is 7.11 Å². The molecule has 2 saturated heterocycles. The quantitative estimate of drug-likeness (QED) is 0.823. The van der Waals surface area contributed by atoms with Gasteiger partial charge in [-0.2, -0.15) is 0 Å². The summed E-state index contributed by atoms with van der Waals surface area (Å²) in [5.41, 5.74) is 3.57. The van der Waals surface area contributed by atoms with E-state index in [9.17, 15) is 4.79 Å². The number of carbonyl (C=O) groups excluding carboxylic acids is 1. The third kappa shape index (κ3) is 4.21. The summed E-state index contributed by atoms with van der Waals surface area (Å²) >= 11 is 0. The van der Waals surface area contributed by atoms with Crippen LogP contribution in [-0.4, -0.2) is 60.6 Å². The Morgan fingerprint density at radius 3 is 2.72 bits per heavy atom. The Morgan fingerprint density at radius 2 is 2.08 bits per heavy atom. The highest BCUT2D eigenvalue weighted by molar-refractivity contribution is 5.77. The van der Waals surface area contributed by atoms with E-state index in [0.29, 0.717) is 24.4 Å². The van der Waals surface area contributed by atoms with Crippen molar-refractivity contribution in [3.63, 3.8) is 0 Å². The number of ether oxygens (including phenoxy) is 1. The SMILES string of the molecule is CO[C@H]1CCN(Cc2nc(C(C)C)ccc2C2CCN(C)C(=O)C2)C1. The summed E-state index contributed by atoms with van der Waals surface area (Å²) < 4.78 is 5.50. The maximum Gasteiger partial charge on any atom is 0.222 e. The second-order valence-corrected chi connectivity index (χ2v) is 7.81. The molecule has 0 N–H and O–H groups in total. The van der Waals surface area contributed by atoms with Crippen LogP contribution in [0.1, 0.15) is 61.9 Å². The number of pyridine rings is 1. The number of rotatable bonds is 5. The number of likely N-dealkylation sites (tertiary alicyclic amines) is 2. The van der Waals surface area contributed by atoms with Crippen molar-refractivity contribution in [2.24, 2.45) is 0 Å². The fourth-order valence-corrected chi connectivity index (χ4v) is 3.90.